The molecular weight excluding hydrogens is 190 g/mol. The SMILES string of the molecule is CCCN(CCN)S(=O)(=O)N(C)C. The molecule has 0 rings (SSSR count). The van der Waals surface area contributed by atoms with Gasteiger partial charge in [-0.15, -0.1) is 0 Å². The summed E-state index contributed by atoms with van der Waals surface area (Å²) in [6, 6.07) is 0. The van der Waals surface area contributed by atoms with E-state index in [1.54, 1.807) is 0 Å². The molecule has 0 unspecified atom stereocenters. The summed E-state index contributed by atoms with van der Waals surface area (Å²) in [5.74, 6) is 0. The van der Waals surface area contributed by atoms with E-state index >= 15 is 0 Å². The van der Waals surface area contributed by atoms with Crippen LogP contribution in [-0.2, 0) is 10.2 Å². The van der Waals surface area contributed by atoms with Crippen LogP contribution in [-0.4, -0.2) is 50.8 Å². The quantitative estimate of drug-likeness (QED) is 0.639. The zero-order chi connectivity index (χ0) is 10.5. The Hall–Kier alpha value is -0.170. The van der Waals surface area contributed by atoms with E-state index in [2.05, 4.69) is 0 Å². The maximum atomic E-state index is 11.6. The first kappa shape index (κ1) is 12.8. The monoisotopic (exact) mass is 209 g/mol. The van der Waals surface area contributed by atoms with Gasteiger partial charge >= 0.3 is 0 Å². The predicted molar refractivity (Wildman–Crippen MR) is 53.5 cm³/mol. The van der Waals surface area contributed by atoms with Crippen LogP contribution in [0.25, 0.3) is 0 Å². The van der Waals surface area contributed by atoms with Gasteiger partial charge in [0.25, 0.3) is 10.2 Å². The largest absolute Gasteiger partial charge is 0.329 e. The van der Waals surface area contributed by atoms with Crippen LogP contribution in [0.4, 0.5) is 0 Å². The topological polar surface area (TPSA) is 66.6 Å². The van der Waals surface area contributed by atoms with E-state index < -0.39 is 10.2 Å². The van der Waals surface area contributed by atoms with E-state index in [-0.39, 0.29) is 0 Å². The highest BCUT2D eigenvalue weighted by molar-refractivity contribution is 7.86. The van der Waals surface area contributed by atoms with E-state index in [1.165, 1.54) is 22.7 Å². The molecule has 0 saturated heterocycles. The maximum absolute atomic E-state index is 11.6. The molecule has 0 radical (unpaired) electrons. The van der Waals surface area contributed by atoms with Crippen LogP contribution in [0.3, 0.4) is 0 Å². The Bertz CT molecular complexity index is 220. The minimum absolute atomic E-state index is 0.354. The molecule has 6 heteroatoms. The fourth-order valence-electron chi connectivity index (χ4n) is 0.967. The van der Waals surface area contributed by atoms with Gasteiger partial charge in [0.2, 0.25) is 0 Å². The summed E-state index contributed by atoms with van der Waals surface area (Å²) in [6.45, 7) is 3.20. The van der Waals surface area contributed by atoms with Crippen LogP contribution >= 0.6 is 0 Å². The Balaban J connectivity index is 4.52. The van der Waals surface area contributed by atoms with Crippen molar-refractivity contribution >= 4 is 10.2 Å². The predicted octanol–water partition coefficient (Wildman–Crippen LogP) is -0.536. The summed E-state index contributed by atoms with van der Waals surface area (Å²) < 4.78 is 25.8. The lowest BCUT2D eigenvalue weighted by molar-refractivity contribution is 0.380. The van der Waals surface area contributed by atoms with Gasteiger partial charge in [-0.05, 0) is 6.42 Å². The molecule has 0 aliphatic heterocycles. The molecule has 0 bridgehead atoms. The van der Waals surface area contributed by atoms with Crippen molar-refractivity contribution in [3.8, 4) is 0 Å². The summed E-state index contributed by atoms with van der Waals surface area (Å²) in [7, 11) is -0.232. The number of rotatable bonds is 6. The highest BCUT2D eigenvalue weighted by Crippen LogP contribution is 2.03. The fourth-order valence-corrected chi connectivity index (χ4v) is 2.18. The van der Waals surface area contributed by atoms with Gasteiger partial charge in [-0.25, -0.2) is 0 Å². The molecule has 80 valence electrons. The fraction of sp³-hybridized carbons (Fsp3) is 1.00. The minimum Gasteiger partial charge on any atom is -0.329 e. The Labute approximate surface area is 80.7 Å². The Morgan fingerprint density at radius 3 is 2.08 bits per heavy atom. The van der Waals surface area contributed by atoms with Gasteiger partial charge in [0, 0.05) is 33.7 Å². The van der Waals surface area contributed by atoms with E-state index in [4.69, 9.17) is 5.73 Å². The molecule has 0 saturated carbocycles. The van der Waals surface area contributed by atoms with Crippen molar-refractivity contribution in [2.24, 2.45) is 5.73 Å². The van der Waals surface area contributed by atoms with Crippen LogP contribution in [0.1, 0.15) is 13.3 Å². The molecule has 0 aromatic heterocycles. The Morgan fingerprint density at radius 1 is 1.23 bits per heavy atom. The molecule has 2 N–H and O–H groups in total. The molecule has 0 spiro atoms. The van der Waals surface area contributed by atoms with Crippen molar-refractivity contribution in [2.75, 3.05) is 33.7 Å². The van der Waals surface area contributed by atoms with E-state index in [1.807, 2.05) is 6.92 Å². The molecule has 0 aromatic carbocycles. The summed E-state index contributed by atoms with van der Waals surface area (Å²) >= 11 is 0. The maximum Gasteiger partial charge on any atom is 0.281 e. The highest BCUT2D eigenvalue weighted by atomic mass is 32.2. The summed E-state index contributed by atoms with van der Waals surface area (Å²) in [6.07, 6.45) is 0.799. The van der Waals surface area contributed by atoms with Crippen molar-refractivity contribution in [1.29, 1.82) is 0 Å². The summed E-state index contributed by atoms with van der Waals surface area (Å²) in [5.41, 5.74) is 5.33. The molecule has 0 aromatic rings. The molecule has 0 fully saturated rings. The van der Waals surface area contributed by atoms with E-state index in [0.29, 0.717) is 19.6 Å². The van der Waals surface area contributed by atoms with Crippen molar-refractivity contribution < 1.29 is 8.42 Å². The van der Waals surface area contributed by atoms with Crippen LogP contribution in [0.2, 0.25) is 0 Å². The Morgan fingerprint density at radius 2 is 1.77 bits per heavy atom. The zero-order valence-electron chi connectivity index (χ0n) is 8.52. The number of hydrogen-bond acceptors (Lipinski definition) is 3. The average Bonchev–Trinajstić information content (AvgIpc) is 2.03. The smallest absolute Gasteiger partial charge is 0.281 e. The summed E-state index contributed by atoms with van der Waals surface area (Å²) in [5, 5.41) is 0. The molecule has 5 nitrogen and oxygen atoms in total. The van der Waals surface area contributed by atoms with Gasteiger partial charge in [-0.2, -0.15) is 17.0 Å². The number of nitrogens with two attached hydrogens (primary N) is 1. The van der Waals surface area contributed by atoms with Gasteiger partial charge in [0.1, 0.15) is 0 Å². The minimum atomic E-state index is -3.28. The second kappa shape index (κ2) is 5.54. The number of nitrogens with zero attached hydrogens (tertiary/aromatic N) is 2. The van der Waals surface area contributed by atoms with Crippen LogP contribution < -0.4 is 5.73 Å². The number of hydrogen-bond donors (Lipinski definition) is 1. The first-order valence-electron chi connectivity index (χ1n) is 4.34. The standard InChI is InChI=1S/C7H19N3O2S/c1-4-6-10(7-5-8)13(11,12)9(2)3/h4-8H2,1-3H3. The van der Waals surface area contributed by atoms with Crippen molar-refractivity contribution in [1.82, 2.24) is 8.61 Å². The van der Waals surface area contributed by atoms with Gasteiger partial charge in [-0.3, -0.25) is 0 Å². The van der Waals surface area contributed by atoms with Gasteiger partial charge < -0.3 is 5.73 Å². The third kappa shape index (κ3) is 3.60. The van der Waals surface area contributed by atoms with Crippen LogP contribution in [0.15, 0.2) is 0 Å². The lowest BCUT2D eigenvalue weighted by Gasteiger charge is -2.24. The van der Waals surface area contributed by atoms with E-state index in [9.17, 15) is 8.42 Å². The second-order valence-corrected chi connectivity index (χ2v) is 5.12. The second-order valence-electron chi connectivity index (χ2n) is 2.98. The van der Waals surface area contributed by atoms with Crippen LogP contribution in [0.5, 0.6) is 0 Å². The zero-order valence-corrected chi connectivity index (χ0v) is 9.34. The molecule has 0 aliphatic rings. The van der Waals surface area contributed by atoms with Gasteiger partial charge in [0.15, 0.2) is 0 Å². The Kier molecular flexibility index (Phi) is 5.46. The first-order chi connectivity index (χ1) is 5.96. The molecule has 0 atom stereocenters. The highest BCUT2D eigenvalue weighted by Gasteiger charge is 2.22. The van der Waals surface area contributed by atoms with Crippen molar-refractivity contribution in [3.63, 3.8) is 0 Å². The third-order valence-corrected chi connectivity index (χ3v) is 3.58. The average molecular weight is 209 g/mol. The molecule has 0 aliphatic carbocycles. The normalized spacial score (nSPS) is 12.8. The first-order valence-corrected chi connectivity index (χ1v) is 5.74. The van der Waals surface area contributed by atoms with Crippen LogP contribution in [0, 0.1) is 0 Å². The third-order valence-electron chi connectivity index (χ3n) is 1.64. The molecular formula is C7H19N3O2S. The molecule has 13 heavy (non-hydrogen) atoms. The molecule has 0 amide bonds. The van der Waals surface area contributed by atoms with Crippen molar-refractivity contribution in [3.05, 3.63) is 0 Å². The van der Waals surface area contributed by atoms with Gasteiger partial charge in [0.05, 0.1) is 0 Å². The van der Waals surface area contributed by atoms with Crippen molar-refractivity contribution in [2.45, 2.75) is 13.3 Å². The molecule has 0 heterocycles. The van der Waals surface area contributed by atoms with Gasteiger partial charge in [-0.1, -0.05) is 6.92 Å². The van der Waals surface area contributed by atoms with E-state index in [0.717, 1.165) is 6.42 Å². The lowest BCUT2D eigenvalue weighted by Crippen LogP contribution is -2.42. The summed E-state index contributed by atoms with van der Waals surface area (Å²) in [4.78, 5) is 0. The lowest BCUT2D eigenvalue weighted by atomic mass is 10.5.